The fraction of sp³-hybridized carbons (Fsp3) is 0.421. The molecule has 2 aromatic rings. The maximum Gasteiger partial charge on any atom is 0.223 e. The monoisotopic (exact) mass is 314 g/mol. The standard InChI is InChI=1S/C19H26N2O2/c1-4-20(5-2)14-17-19(23)18(22)13-15(3)21(17)12-11-16-9-7-6-8-10-16/h6-10,13,23H,4-5,11-12,14H2,1-3H3. The van der Waals surface area contributed by atoms with Crippen LogP contribution in [0.15, 0.2) is 41.2 Å². The molecule has 0 radical (unpaired) electrons. The van der Waals surface area contributed by atoms with Crippen LogP contribution in [-0.4, -0.2) is 27.7 Å². The van der Waals surface area contributed by atoms with Crippen molar-refractivity contribution in [2.75, 3.05) is 13.1 Å². The summed E-state index contributed by atoms with van der Waals surface area (Å²) >= 11 is 0. The molecule has 2 rings (SSSR count). The molecule has 0 aliphatic carbocycles. The summed E-state index contributed by atoms with van der Waals surface area (Å²) in [6.45, 7) is 9.21. The second-order valence-electron chi connectivity index (χ2n) is 5.79. The first-order valence-corrected chi connectivity index (χ1v) is 8.25. The highest BCUT2D eigenvalue weighted by molar-refractivity contribution is 5.30. The van der Waals surface area contributed by atoms with Crippen LogP contribution in [0.3, 0.4) is 0 Å². The van der Waals surface area contributed by atoms with Gasteiger partial charge in [0.05, 0.1) is 5.69 Å². The molecule has 0 spiro atoms. The predicted molar refractivity (Wildman–Crippen MR) is 93.9 cm³/mol. The van der Waals surface area contributed by atoms with Crippen molar-refractivity contribution in [1.82, 2.24) is 9.47 Å². The Kier molecular flexibility index (Phi) is 5.99. The summed E-state index contributed by atoms with van der Waals surface area (Å²) in [6.07, 6.45) is 0.870. The van der Waals surface area contributed by atoms with Gasteiger partial charge in [0.2, 0.25) is 5.43 Å². The van der Waals surface area contributed by atoms with Crippen LogP contribution in [0.25, 0.3) is 0 Å². The van der Waals surface area contributed by atoms with E-state index in [9.17, 15) is 9.90 Å². The lowest BCUT2D eigenvalue weighted by molar-refractivity contribution is 0.279. The molecule has 23 heavy (non-hydrogen) atoms. The first kappa shape index (κ1) is 17.3. The third-order valence-corrected chi connectivity index (χ3v) is 4.33. The van der Waals surface area contributed by atoms with Crippen LogP contribution in [0.2, 0.25) is 0 Å². The average Bonchev–Trinajstić information content (AvgIpc) is 2.57. The SMILES string of the molecule is CCN(CC)Cc1c(O)c(=O)cc(C)n1CCc1ccccc1. The van der Waals surface area contributed by atoms with E-state index in [2.05, 4.69) is 35.4 Å². The van der Waals surface area contributed by atoms with E-state index < -0.39 is 0 Å². The minimum Gasteiger partial charge on any atom is -0.503 e. The number of aromatic nitrogens is 1. The number of hydrogen-bond acceptors (Lipinski definition) is 3. The van der Waals surface area contributed by atoms with Gasteiger partial charge in [-0.3, -0.25) is 9.69 Å². The third kappa shape index (κ3) is 4.23. The molecule has 0 aliphatic heterocycles. The van der Waals surface area contributed by atoms with Crippen molar-refractivity contribution in [3.05, 3.63) is 63.6 Å². The van der Waals surface area contributed by atoms with E-state index in [1.165, 1.54) is 11.6 Å². The molecule has 0 unspecified atom stereocenters. The lowest BCUT2D eigenvalue weighted by atomic mass is 10.1. The summed E-state index contributed by atoms with van der Waals surface area (Å²) in [5.41, 5.74) is 2.57. The van der Waals surface area contributed by atoms with Gasteiger partial charge in [0.1, 0.15) is 0 Å². The zero-order chi connectivity index (χ0) is 16.8. The topological polar surface area (TPSA) is 45.5 Å². The molecule has 1 heterocycles. The quantitative estimate of drug-likeness (QED) is 0.854. The van der Waals surface area contributed by atoms with Gasteiger partial charge in [-0.1, -0.05) is 44.2 Å². The van der Waals surface area contributed by atoms with Gasteiger partial charge in [0.25, 0.3) is 0 Å². The number of pyridine rings is 1. The van der Waals surface area contributed by atoms with Crippen LogP contribution in [0, 0.1) is 6.92 Å². The second-order valence-corrected chi connectivity index (χ2v) is 5.79. The van der Waals surface area contributed by atoms with Gasteiger partial charge in [0.15, 0.2) is 5.75 Å². The van der Waals surface area contributed by atoms with Crippen LogP contribution in [0.5, 0.6) is 5.75 Å². The molecule has 0 atom stereocenters. The zero-order valence-electron chi connectivity index (χ0n) is 14.2. The molecule has 4 heteroatoms. The fourth-order valence-electron chi connectivity index (χ4n) is 2.84. The van der Waals surface area contributed by atoms with Crippen LogP contribution in [0.4, 0.5) is 0 Å². The van der Waals surface area contributed by atoms with E-state index >= 15 is 0 Å². The van der Waals surface area contributed by atoms with Crippen molar-refractivity contribution >= 4 is 0 Å². The largest absolute Gasteiger partial charge is 0.503 e. The van der Waals surface area contributed by atoms with E-state index in [0.29, 0.717) is 6.54 Å². The second kappa shape index (κ2) is 7.97. The van der Waals surface area contributed by atoms with E-state index in [1.807, 2.05) is 25.1 Å². The third-order valence-electron chi connectivity index (χ3n) is 4.33. The summed E-state index contributed by atoms with van der Waals surface area (Å²) < 4.78 is 2.07. The van der Waals surface area contributed by atoms with E-state index in [-0.39, 0.29) is 11.2 Å². The van der Waals surface area contributed by atoms with Crippen LogP contribution in [-0.2, 0) is 19.5 Å². The van der Waals surface area contributed by atoms with Crippen LogP contribution < -0.4 is 5.43 Å². The van der Waals surface area contributed by atoms with Gasteiger partial charge in [-0.15, -0.1) is 0 Å². The van der Waals surface area contributed by atoms with Crippen molar-refractivity contribution in [3.63, 3.8) is 0 Å². The highest BCUT2D eigenvalue weighted by Crippen LogP contribution is 2.18. The molecule has 1 aromatic heterocycles. The number of nitrogens with zero attached hydrogens (tertiary/aromatic N) is 2. The Morgan fingerprint density at radius 3 is 2.39 bits per heavy atom. The van der Waals surface area contributed by atoms with E-state index in [1.54, 1.807) is 0 Å². The maximum absolute atomic E-state index is 12.0. The molecule has 4 nitrogen and oxygen atoms in total. The highest BCUT2D eigenvalue weighted by atomic mass is 16.3. The lowest BCUT2D eigenvalue weighted by Gasteiger charge is -2.23. The van der Waals surface area contributed by atoms with Crippen molar-refractivity contribution in [2.45, 2.75) is 40.3 Å². The van der Waals surface area contributed by atoms with Gasteiger partial charge in [-0.05, 0) is 32.0 Å². The van der Waals surface area contributed by atoms with E-state index in [0.717, 1.165) is 37.4 Å². The maximum atomic E-state index is 12.0. The van der Waals surface area contributed by atoms with Crippen molar-refractivity contribution in [3.8, 4) is 5.75 Å². The van der Waals surface area contributed by atoms with E-state index in [4.69, 9.17) is 0 Å². The Balaban J connectivity index is 2.32. The molecule has 0 bridgehead atoms. The minimum atomic E-state index is -0.291. The van der Waals surface area contributed by atoms with Crippen LogP contribution in [0.1, 0.15) is 30.8 Å². The number of aryl methyl sites for hydroxylation is 2. The predicted octanol–water partition coefficient (Wildman–Crippen LogP) is 2.95. The van der Waals surface area contributed by atoms with Gasteiger partial charge in [-0.2, -0.15) is 0 Å². The molecular weight excluding hydrogens is 288 g/mol. The highest BCUT2D eigenvalue weighted by Gasteiger charge is 2.15. The van der Waals surface area contributed by atoms with Crippen molar-refractivity contribution in [1.29, 1.82) is 0 Å². The summed E-state index contributed by atoms with van der Waals surface area (Å²) in [5, 5.41) is 10.3. The zero-order valence-corrected chi connectivity index (χ0v) is 14.2. The van der Waals surface area contributed by atoms with Crippen molar-refractivity contribution in [2.24, 2.45) is 0 Å². The smallest absolute Gasteiger partial charge is 0.223 e. The normalized spacial score (nSPS) is 11.1. The molecule has 124 valence electrons. The molecule has 1 aromatic carbocycles. The molecule has 0 fully saturated rings. The Labute approximate surface area is 138 Å². The summed E-state index contributed by atoms with van der Waals surface area (Å²) in [4.78, 5) is 14.2. The molecule has 0 amide bonds. The average molecular weight is 314 g/mol. The molecule has 1 N–H and O–H groups in total. The molecule has 0 saturated carbocycles. The van der Waals surface area contributed by atoms with Gasteiger partial charge < -0.3 is 9.67 Å². The van der Waals surface area contributed by atoms with Gasteiger partial charge in [-0.25, -0.2) is 0 Å². The van der Waals surface area contributed by atoms with Gasteiger partial charge in [0, 0.05) is 24.8 Å². The minimum absolute atomic E-state index is 0.115. The number of benzene rings is 1. The lowest BCUT2D eigenvalue weighted by Crippen LogP contribution is -2.27. The summed E-state index contributed by atoms with van der Waals surface area (Å²) in [6, 6.07) is 11.8. The number of rotatable bonds is 7. The Morgan fingerprint density at radius 1 is 1.13 bits per heavy atom. The number of hydrogen-bond donors (Lipinski definition) is 1. The summed E-state index contributed by atoms with van der Waals surface area (Å²) in [5.74, 6) is -0.115. The fourth-order valence-corrected chi connectivity index (χ4v) is 2.84. The van der Waals surface area contributed by atoms with Crippen LogP contribution >= 0.6 is 0 Å². The first-order chi connectivity index (χ1) is 11.1. The molecule has 0 saturated heterocycles. The number of aromatic hydroxyl groups is 1. The van der Waals surface area contributed by atoms with Crippen molar-refractivity contribution < 1.29 is 5.11 Å². The van der Waals surface area contributed by atoms with Gasteiger partial charge >= 0.3 is 0 Å². The molecular formula is C19H26N2O2. The first-order valence-electron chi connectivity index (χ1n) is 8.25. The Morgan fingerprint density at radius 2 is 1.78 bits per heavy atom. The molecule has 0 aliphatic rings. The summed E-state index contributed by atoms with van der Waals surface area (Å²) in [7, 11) is 0. The Bertz CT molecular complexity index is 689. The Hall–Kier alpha value is -2.07.